The van der Waals surface area contributed by atoms with Gasteiger partial charge in [0.15, 0.2) is 8.60 Å². The molecule has 0 radical (unpaired) electrons. The van der Waals surface area contributed by atoms with E-state index in [1.165, 1.54) is 14.2 Å². The molecule has 0 atom stereocenters. The lowest BCUT2D eigenvalue weighted by Crippen LogP contribution is -2.01. The Morgan fingerprint density at radius 1 is 1.12 bits per heavy atom. The molecule has 5 nitrogen and oxygen atoms in total. The highest BCUT2D eigenvalue weighted by Crippen LogP contribution is 2.26. The molecule has 0 aromatic rings. The Morgan fingerprint density at radius 3 is 1.75 bits per heavy atom. The fourth-order valence-electron chi connectivity index (χ4n) is 0.134. The van der Waals surface area contributed by atoms with Gasteiger partial charge in [0.1, 0.15) is 0 Å². The summed E-state index contributed by atoms with van der Waals surface area (Å²) in [7, 11) is 0.154. The van der Waals surface area contributed by atoms with E-state index >= 15 is 0 Å². The zero-order valence-electron chi connectivity index (χ0n) is 4.49. The van der Waals surface area contributed by atoms with E-state index in [1.807, 2.05) is 0 Å². The molecule has 0 saturated carbocycles. The van der Waals surface area contributed by atoms with Crippen LogP contribution in [0.4, 0.5) is 0 Å². The van der Waals surface area contributed by atoms with E-state index in [1.54, 1.807) is 0 Å². The van der Waals surface area contributed by atoms with Crippen molar-refractivity contribution in [2.45, 2.75) is 0 Å². The highest BCUT2D eigenvalue weighted by molar-refractivity contribution is 7.38. The molecule has 0 unspecified atom stereocenters. The first-order chi connectivity index (χ1) is 3.81. The van der Waals surface area contributed by atoms with Crippen LogP contribution in [0.5, 0.6) is 0 Å². The average molecular weight is 141 g/mol. The van der Waals surface area contributed by atoms with Crippen molar-refractivity contribution in [3.63, 3.8) is 0 Å². The van der Waals surface area contributed by atoms with Crippen molar-refractivity contribution in [2.75, 3.05) is 14.2 Å². The maximum absolute atomic E-state index is 10.1. The van der Waals surface area contributed by atoms with E-state index in [0.29, 0.717) is 0 Å². The molecule has 0 rings (SSSR count). The van der Waals surface area contributed by atoms with Crippen LogP contribution in [-0.2, 0) is 19.1 Å². The van der Waals surface area contributed by atoms with Crippen molar-refractivity contribution < 1.29 is 24.0 Å². The highest BCUT2D eigenvalue weighted by atomic mass is 31.2. The summed E-state index contributed by atoms with van der Waals surface area (Å²) in [5, 5.41) is 0. The molecule has 0 spiro atoms. The summed E-state index contributed by atoms with van der Waals surface area (Å²) in [6.45, 7) is 0. The number of hydrogen-bond donors (Lipinski definition) is 0. The van der Waals surface area contributed by atoms with E-state index in [-0.39, 0.29) is 0 Å². The zero-order valence-corrected chi connectivity index (χ0v) is 5.38. The Morgan fingerprint density at radius 2 is 1.50 bits per heavy atom. The predicted octanol–water partition coefficient (Wildman–Crippen LogP) is -0.270. The summed E-state index contributed by atoms with van der Waals surface area (Å²) in [5.41, 5.74) is 0. The summed E-state index contributed by atoms with van der Waals surface area (Å²) in [5.74, 6) is 0. The monoisotopic (exact) mass is 141 g/mol. The van der Waals surface area contributed by atoms with Gasteiger partial charge in [-0.05, 0) is 0 Å². The average Bonchev–Trinajstić information content (AvgIpc) is 1.68. The quantitative estimate of drug-likeness (QED) is 0.306. The molecule has 6 heteroatoms. The van der Waals surface area contributed by atoms with Gasteiger partial charge in [0.25, 0.3) is 0 Å². The molecule has 0 aromatic heterocycles. The van der Waals surface area contributed by atoms with Crippen molar-refractivity contribution in [3.05, 3.63) is 0 Å². The zero-order chi connectivity index (χ0) is 6.41. The van der Waals surface area contributed by atoms with Gasteiger partial charge >= 0.3 is 0 Å². The molecule has 0 bridgehead atoms. The van der Waals surface area contributed by atoms with Crippen LogP contribution in [-0.4, -0.2) is 14.2 Å². The first kappa shape index (κ1) is 8.23. The van der Waals surface area contributed by atoms with Gasteiger partial charge in [-0.25, -0.2) is 9.78 Å². The van der Waals surface area contributed by atoms with Crippen molar-refractivity contribution in [1.82, 2.24) is 0 Å². The first-order valence-electron chi connectivity index (χ1n) is 1.70. The van der Waals surface area contributed by atoms with Crippen LogP contribution < -0.4 is 4.89 Å². The lowest BCUT2D eigenvalue weighted by molar-refractivity contribution is -0.322. The first-order valence-corrected chi connectivity index (χ1v) is 2.79. The fraction of sp³-hybridized carbons (Fsp3) is 1.00. The van der Waals surface area contributed by atoms with Crippen LogP contribution in [0.2, 0.25) is 0 Å². The molecule has 0 aliphatic carbocycles. The Labute approximate surface area is 48.0 Å². The van der Waals surface area contributed by atoms with Gasteiger partial charge in [0, 0.05) is 0 Å². The molecule has 8 heavy (non-hydrogen) atoms. The molecular weight excluding hydrogens is 135 g/mol. The van der Waals surface area contributed by atoms with E-state index in [4.69, 9.17) is 0 Å². The smallest absolute Gasteiger partial charge is 0.167 e. The van der Waals surface area contributed by atoms with Gasteiger partial charge < -0.3 is 4.89 Å². The van der Waals surface area contributed by atoms with Gasteiger partial charge in [-0.3, -0.25) is 0 Å². The van der Waals surface area contributed by atoms with Crippen molar-refractivity contribution in [3.8, 4) is 0 Å². The molecule has 0 fully saturated rings. The predicted molar refractivity (Wildman–Crippen MR) is 23.1 cm³/mol. The van der Waals surface area contributed by atoms with Gasteiger partial charge in [-0.15, -0.1) is 0 Å². The minimum Gasteiger partial charge on any atom is -0.781 e. The molecular formula is C2H6O5P-. The highest BCUT2D eigenvalue weighted by Gasteiger charge is 1.90. The van der Waals surface area contributed by atoms with Gasteiger partial charge in [-0.2, -0.15) is 9.35 Å². The number of hydrogen-bond acceptors (Lipinski definition) is 5. The second-order valence-electron chi connectivity index (χ2n) is 0.706. The molecule has 0 N–H and O–H groups in total. The van der Waals surface area contributed by atoms with Gasteiger partial charge in [0.2, 0.25) is 0 Å². The Bertz CT molecular complexity index is 43.7. The molecule has 0 aliphatic heterocycles. The van der Waals surface area contributed by atoms with E-state index in [0.717, 1.165) is 0 Å². The molecule has 0 aromatic carbocycles. The van der Waals surface area contributed by atoms with E-state index < -0.39 is 8.60 Å². The van der Waals surface area contributed by atoms with Gasteiger partial charge in [-0.1, -0.05) is 0 Å². The molecule has 0 saturated heterocycles. The molecule has 50 valence electrons. The SMILES string of the molecule is COOP([O-])OOC. The third-order valence-electron chi connectivity index (χ3n) is 0.271. The van der Waals surface area contributed by atoms with Crippen LogP contribution in [0, 0.1) is 0 Å². The van der Waals surface area contributed by atoms with Crippen molar-refractivity contribution in [1.29, 1.82) is 0 Å². The second kappa shape index (κ2) is 5.37. The molecule has 0 aliphatic rings. The normalized spacial score (nSPS) is 10.5. The lowest BCUT2D eigenvalue weighted by atomic mass is 11.8. The summed E-state index contributed by atoms with van der Waals surface area (Å²) < 4.78 is 7.89. The van der Waals surface area contributed by atoms with Gasteiger partial charge in [0.05, 0.1) is 14.2 Å². The van der Waals surface area contributed by atoms with Crippen LogP contribution >= 0.6 is 8.60 Å². The Kier molecular flexibility index (Phi) is 5.52. The maximum Gasteiger partial charge on any atom is 0.167 e. The summed E-state index contributed by atoms with van der Waals surface area (Å²) in [6.07, 6.45) is 0. The second-order valence-corrected chi connectivity index (χ2v) is 1.45. The van der Waals surface area contributed by atoms with E-state index in [9.17, 15) is 4.89 Å². The van der Waals surface area contributed by atoms with Crippen LogP contribution in [0.1, 0.15) is 0 Å². The maximum atomic E-state index is 10.1. The van der Waals surface area contributed by atoms with Crippen LogP contribution in [0.15, 0.2) is 0 Å². The summed E-state index contributed by atoms with van der Waals surface area (Å²) in [6, 6.07) is 0. The molecule has 0 heterocycles. The lowest BCUT2D eigenvalue weighted by Gasteiger charge is -2.15. The standard InChI is InChI=1S/C2H6O5P/c1-4-6-8(3)7-5-2/h1-2H3/q-1. The van der Waals surface area contributed by atoms with E-state index in [2.05, 4.69) is 19.1 Å². The Balaban J connectivity index is 2.92. The fourth-order valence-corrected chi connectivity index (χ4v) is 0.402. The summed E-state index contributed by atoms with van der Waals surface area (Å²) in [4.78, 5) is 18.0. The Hall–Kier alpha value is 0.230. The van der Waals surface area contributed by atoms with Crippen molar-refractivity contribution >= 4 is 8.60 Å². The third-order valence-corrected chi connectivity index (χ3v) is 0.812. The summed E-state index contributed by atoms with van der Waals surface area (Å²) >= 11 is 0. The largest absolute Gasteiger partial charge is 0.781 e. The topological polar surface area (TPSA) is 60.0 Å². The van der Waals surface area contributed by atoms with Crippen LogP contribution in [0.25, 0.3) is 0 Å². The molecule has 0 amide bonds. The third kappa shape index (κ3) is 4.39. The van der Waals surface area contributed by atoms with Crippen molar-refractivity contribution in [2.24, 2.45) is 0 Å². The van der Waals surface area contributed by atoms with Crippen LogP contribution in [0.3, 0.4) is 0 Å². The minimum atomic E-state index is -2.28. The minimum absolute atomic E-state index is 1.21. The number of rotatable bonds is 4.